The van der Waals surface area contributed by atoms with E-state index in [1.54, 1.807) is 11.8 Å². The van der Waals surface area contributed by atoms with Crippen LogP contribution in [0.25, 0.3) is 0 Å². The Labute approximate surface area is 114 Å². The van der Waals surface area contributed by atoms with Crippen molar-refractivity contribution in [2.45, 2.75) is 18.2 Å². The Bertz CT molecular complexity index is 410. The van der Waals surface area contributed by atoms with E-state index in [0.717, 1.165) is 41.4 Å². The summed E-state index contributed by atoms with van der Waals surface area (Å²) in [7, 11) is 4.14. The number of nitrogens with one attached hydrogen (secondary N) is 1. The van der Waals surface area contributed by atoms with Gasteiger partial charge in [0.2, 0.25) is 0 Å². The summed E-state index contributed by atoms with van der Waals surface area (Å²) in [6, 6.07) is 8.30. The molecule has 1 N–H and O–H groups in total. The van der Waals surface area contributed by atoms with Gasteiger partial charge in [-0.2, -0.15) is 5.26 Å². The third-order valence-electron chi connectivity index (χ3n) is 2.54. The lowest BCUT2D eigenvalue weighted by atomic mass is 10.2. The molecule has 0 aromatic heterocycles. The van der Waals surface area contributed by atoms with E-state index in [1.165, 1.54) is 0 Å². The smallest absolute Gasteiger partial charge is 0.102 e. The number of anilines is 1. The van der Waals surface area contributed by atoms with Gasteiger partial charge < -0.3 is 10.2 Å². The Morgan fingerprint density at radius 2 is 2.17 bits per heavy atom. The van der Waals surface area contributed by atoms with Gasteiger partial charge in [0, 0.05) is 11.4 Å². The second-order valence-corrected chi connectivity index (χ2v) is 5.61. The first kappa shape index (κ1) is 14.9. The normalized spacial score (nSPS) is 10.4. The Morgan fingerprint density at radius 1 is 1.39 bits per heavy atom. The molecule has 0 aliphatic rings. The molecule has 4 heteroatoms. The van der Waals surface area contributed by atoms with Gasteiger partial charge in [-0.3, -0.25) is 0 Å². The molecule has 1 rings (SSSR count). The van der Waals surface area contributed by atoms with Gasteiger partial charge in [0.15, 0.2) is 0 Å². The molecule has 1 aromatic carbocycles. The topological polar surface area (TPSA) is 39.1 Å². The molecule has 0 atom stereocenters. The van der Waals surface area contributed by atoms with Crippen LogP contribution in [0.1, 0.15) is 18.9 Å². The van der Waals surface area contributed by atoms with Crippen molar-refractivity contribution < 1.29 is 0 Å². The lowest BCUT2D eigenvalue weighted by Crippen LogP contribution is -2.16. The van der Waals surface area contributed by atoms with Gasteiger partial charge >= 0.3 is 0 Å². The van der Waals surface area contributed by atoms with Crippen molar-refractivity contribution in [3.05, 3.63) is 23.8 Å². The fourth-order valence-corrected chi connectivity index (χ4v) is 2.47. The number of thioether (sulfide) groups is 1. The monoisotopic (exact) mass is 263 g/mol. The lowest BCUT2D eigenvalue weighted by molar-refractivity contribution is 0.405. The van der Waals surface area contributed by atoms with Crippen molar-refractivity contribution in [1.29, 1.82) is 5.26 Å². The fraction of sp³-hybridized carbons (Fsp3) is 0.500. The number of nitriles is 1. The Morgan fingerprint density at radius 3 is 2.78 bits per heavy atom. The van der Waals surface area contributed by atoms with Crippen LogP contribution >= 0.6 is 11.8 Å². The summed E-state index contributed by atoms with van der Waals surface area (Å²) in [6.07, 6.45) is 1.07. The van der Waals surface area contributed by atoms with Crippen LogP contribution in [-0.4, -0.2) is 37.8 Å². The van der Waals surface area contributed by atoms with Crippen molar-refractivity contribution in [3.8, 4) is 6.07 Å². The standard InChI is InChI=1S/C14H21N3S/c1-4-18-14-8-5-7-13(12(14)11-15)16-9-6-10-17(2)3/h5,7-8,16H,4,6,9-10H2,1-3H3. The van der Waals surface area contributed by atoms with Crippen molar-refractivity contribution >= 4 is 17.4 Å². The van der Waals surface area contributed by atoms with Crippen LogP contribution in [0.3, 0.4) is 0 Å². The number of hydrogen-bond acceptors (Lipinski definition) is 4. The molecule has 0 fully saturated rings. The van der Waals surface area contributed by atoms with Crippen LogP contribution in [0.15, 0.2) is 23.1 Å². The van der Waals surface area contributed by atoms with Gasteiger partial charge in [-0.25, -0.2) is 0 Å². The number of nitrogens with zero attached hydrogens (tertiary/aromatic N) is 2. The van der Waals surface area contributed by atoms with Gasteiger partial charge in [-0.15, -0.1) is 11.8 Å². The predicted octanol–water partition coefficient (Wildman–Crippen LogP) is 3.03. The number of hydrogen-bond donors (Lipinski definition) is 1. The van der Waals surface area contributed by atoms with E-state index in [2.05, 4.69) is 37.3 Å². The molecule has 3 nitrogen and oxygen atoms in total. The zero-order valence-corrected chi connectivity index (χ0v) is 12.2. The van der Waals surface area contributed by atoms with Gasteiger partial charge in [-0.1, -0.05) is 13.0 Å². The molecular formula is C14H21N3S. The third kappa shape index (κ3) is 4.59. The van der Waals surface area contributed by atoms with E-state index in [1.807, 2.05) is 18.2 Å². The Kier molecular flexibility index (Phi) is 6.63. The Balaban J connectivity index is 2.65. The first-order valence-corrected chi connectivity index (χ1v) is 7.22. The highest BCUT2D eigenvalue weighted by atomic mass is 32.2. The molecule has 0 unspecified atom stereocenters. The maximum absolute atomic E-state index is 9.26. The third-order valence-corrected chi connectivity index (χ3v) is 3.48. The summed E-state index contributed by atoms with van der Waals surface area (Å²) in [5, 5.41) is 12.6. The molecular weight excluding hydrogens is 242 g/mol. The number of benzene rings is 1. The molecule has 0 radical (unpaired) electrons. The molecule has 0 amide bonds. The highest BCUT2D eigenvalue weighted by molar-refractivity contribution is 7.99. The van der Waals surface area contributed by atoms with E-state index >= 15 is 0 Å². The lowest BCUT2D eigenvalue weighted by Gasteiger charge is -2.13. The second kappa shape index (κ2) is 8.02. The molecule has 0 bridgehead atoms. The average Bonchev–Trinajstić information content (AvgIpc) is 2.35. The first-order chi connectivity index (χ1) is 8.69. The van der Waals surface area contributed by atoms with Gasteiger partial charge in [-0.05, 0) is 44.9 Å². The first-order valence-electron chi connectivity index (χ1n) is 6.23. The van der Waals surface area contributed by atoms with E-state index in [-0.39, 0.29) is 0 Å². The highest BCUT2D eigenvalue weighted by Crippen LogP contribution is 2.27. The van der Waals surface area contributed by atoms with Crippen molar-refractivity contribution in [3.63, 3.8) is 0 Å². The van der Waals surface area contributed by atoms with Crippen molar-refractivity contribution in [2.75, 3.05) is 38.3 Å². The van der Waals surface area contributed by atoms with E-state index in [4.69, 9.17) is 0 Å². The molecule has 0 aliphatic heterocycles. The zero-order valence-electron chi connectivity index (χ0n) is 11.4. The van der Waals surface area contributed by atoms with Crippen molar-refractivity contribution in [2.24, 2.45) is 0 Å². The van der Waals surface area contributed by atoms with Crippen LogP contribution in [0.5, 0.6) is 0 Å². The fourth-order valence-electron chi connectivity index (χ4n) is 1.69. The minimum Gasteiger partial charge on any atom is -0.384 e. The van der Waals surface area contributed by atoms with Crippen molar-refractivity contribution in [1.82, 2.24) is 4.90 Å². The molecule has 0 spiro atoms. The largest absolute Gasteiger partial charge is 0.384 e. The van der Waals surface area contributed by atoms with Crippen LogP contribution in [-0.2, 0) is 0 Å². The SMILES string of the molecule is CCSc1cccc(NCCCN(C)C)c1C#N. The van der Waals surface area contributed by atoms with Crippen LogP contribution in [0.4, 0.5) is 5.69 Å². The minimum atomic E-state index is 0.772. The summed E-state index contributed by atoms with van der Waals surface area (Å²) >= 11 is 1.71. The molecule has 18 heavy (non-hydrogen) atoms. The van der Waals surface area contributed by atoms with Gasteiger partial charge in [0.25, 0.3) is 0 Å². The van der Waals surface area contributed by atoms with E-state index < -0.39 is 0 Å². The van der Waals surface area contributed by atoms with E-state index in [9.17, 15) is 5.26 Å². The summed E-state index contributed by atoms with van der Waals surface area (Å²) in [5.74, 6) is 0.985. The Hall–Kier alpha value is -1.18. The van der Waals surface area contributed by atoms with Crippen LogP contribution < -0.4 is 5.32 Å². The van der Waals surface area contributed by atoms with Crippen LogP contribution in [0, 0.1) is 11.3 Å². The summed E-state index contributed by atoms with van der Waals surface area (Å²) in [4.78, 5) is 3.23. The molecule has 1 aromatic rings. The summed E-state index contributed by atoms with van der Waals surface area (Å²) < 4.78 is 0. The molecule has 0 aliphatic carbocycles. The maximum Gasteiger partial charge on any atom is 0.102 e. The molecule has 98 valence electrons. The van der Waals surface area contributed by atoms with Gasteiger partial charge in [0.05, 0.1) is 11.3 Å². The molecule has 0 saturated carbocycles. The summed E-state index contributed by atoms with van der Waals surface area (Å²) in [6.45, 7) is 4.05. The minimum absolute atomic E-state index is 0.772. The average molecular weight is 263 g/mol. The molecule has 0 saturated heterocycles. The molecule has 0 heterocycles. The predicted molar refractivity (Wildman–Crippen MR) is 79.2 cm³/mol. The van der Waals surface area contributed by atoms with E-state index in [0.29, 0.717) is 0 Å². The van der Waals surface area contributed by atoms with Crippen LogP contribution in [0.2, 0.25) is 0 Å². The zero-order chi connectivity index (χ0) is 13.4. The highest BCUT2D eigenvalue weighted by Gasteiger charge is 2.07. The van der Waals surface area contributed by atoms with Gasteiger partial charge in [0.1, 0.15) is 6.07 Å². The summed E-state index contributed by atoms with van der Waals surface area (Å²) in [5.41, 5.74) is 1.73. The number of rotatable bonds is 7. The quantitative estimate of drug-likeness (QED) is 0.606. The second-order valence-electron chi connectivity index (χ2n) is 4.31. The maximum atomic E-state index is 9.26.